The summed E-state index contributed by atoms with van der Waals surface area (Å²) in [5.41, 5.74) is 0.890. The Morgan fingerprint density at radius 3 is 2.15 bits per heavy atom. The first-order valence-electron chi connectivity index (χ1n) is 4.26. The molecular formula is C10H15O2P. The molecule has 0 aliphatic heterocycles. The Labute approximate surface area is 79.5 Å². The van der Waals surface area contributed by atoms with Crippen molar-refractivity contribution in [2.45, 2.75) is 26.2 Å². The number of hydrogen-bond donors (Lipinski definition) is 1. The van der Waals surface area contributed by atoms with Crippen molar-refractivity contribution < 1.29 is 9.46 Å². The minimum Gasteiger partial charge on any atom is -0.343 e. The molecular weight excluding hydrogens is 183 g/mol. The predicted molar refractivity (Wildman–Crippen MR) is 56.0 cm³/mol. The normalized spacial score (nSPS) is 14.2. The van der Waals surface area contributed by atoms with Crippen molar-refractivity contribution in [3.8, 4) is 0 Å². The van der Waals surface area contributed by atoms with E-state index in [2.05, 4.69) is 0 Å². The first kappa shape index (κ1) is 10.5. The highest BCUT2D eigenvalue weighted by molar-refractivity contribution is 7.47. The summed E-state index contributed by atoms with van der Waals surface area (Å²) in [6, 6.07) is 7.33. The van der Waals surface area contributed by atoms with Gasteiger partial charge in [-0.05, 0) is 17.0 Å². The molecule has 1 atom stereocenters. The zero-order valence-electron chi connectivity index (χ0n) is 8.16. The van der Waals surface area contributed by atoms with E-state index in [1.54, 1.807) is 12.1 Å². The van der Waals surface area contributed by atoms with E-state index in [-0.39, 0.29) is 5.41 Å². The summed E-state index contributed by atoms with van der Waals surface area (Å²) < 4.78 is 11.1. The van der Waals surface area contributed by atoms with Crippen LogP contribution >= 0.6 is 8.03 Å². The van der Waals surface area contributed by atoms with Gasteiger partial charge in [-0.15, -0.1) is 0 Å². The van der Waals surface area contributed by atoms with Gasteiger partial charge in [-0.2, -0.15) is 0 Å². The molecule has 1 aromatic carbocycles. The molecule has 2 nitrogen and oxygen atoms in total. The van der Waals surface area contributed by atoms with Crippen molar-refractivity contribution in [1.82, 2.24) is 0 Å². The molecule has 0 amide bonds. The van der Waals surface area contributed by atoms with Gasteiger partial charge in [0.25, 0.3) is 0 Å². The molecule has 0 fully saturated rings. The van der Waals surface area contributed by atoms with E-state index in [4.69, 9.17) is 4.89 Å². The van der Waals surface area contributed by atoms with E-state index in [1.807, 2.05) is 32.9 Å². The van der Waals surface area contributed by atoms with Gasteiger partial charge in [-0.25, -0.2) is 0 Å². The molecule has 0 aliphatic carbocycles. The van der Waals surface area contributed by atoms with Gasteiger partial charge in [0, 0.05) is 5.30 Å². The van der Waals surface area contributed by atoms with E-state index in [0.29, 0.717) is 5.30 Å². The second-order valence-electron chi connectivity index (χ2n) is 4.10. The summed E-state index contributed by atoms with van der Waals surface area (Å²) in [5.74, 6) is 0. The molecule has 1 rings (SSSR count). The molecule has 0 radical (unpaired) electrons. The number of rotatable bonds is 1. The monoisotopic (exact) mass is 198 g/mol. The Kier molecular flexibility index (Phi) is 2.94. The van der Waals surface area contributed by atoms with Crippen LogP contribution in [0.15, 0.2) is 24.3 Å². The molecule has 0 saturated carbocycles. The van der Waals surface area contributed by atoms with Crippen LogP contribution in [0.1, 0.15) is 26.3 Å². The third-order valence-electron chi connectivity index (χ3n) is 1.97. The molecule has 13 heavy (non-hydrogen) atoms. The highest BCUT2D eigenvalue weighted by Gasteiger charge is 2.18. The summed E-state index contributed by atoms with van der Waals surface area (Å²) in [5, 5.41) is 0.583. The lowest BCUT2D eigenvalue weighted by molar-refractivity contribution is 0.511. The Morgan fingerprint density at radius 2 is 1.77 bits per heavy atom. The zero-order chi connectivity index (χ0) is 10.1. The average molecular weight is 198 g/mol. The average Bonchev–Trinajstić information content (AvgIpc) is 2.03. The minimum atomic E-state index is -2.57. The van der Waals surface area contributed by atoms with E-state index < -0.39 is 8.03 Å². The van der Waals surface area contributed by atoms with Gasteiger partial charge in [0.2, 0.25) is 8.03 Å². The fourth-order valence-electron chi connectivity index (χ4n) is 1.32. The molecule has 0 spiro atoms. The van der Waals surface area contributed by atoms with Gasteiger partial charge in [-0.1, -0.05) is 39.0 Å². The quantitative estimate of drug-likeness (QED) is 0.701. The third-order valence-corrected chi connectivity index (χ3v) is 2.86. The summed E-state index contributed by atoms with van der Waals surface area (Å²) in [4.78, 5) is 9.11. The summed E-state index contributed by atoms with van der Waals surface area (Å²) in [7, 11) is -2.57. The Balaban J connectivity index is 3.28. The SMILES string of the molecule is CC(C)(C)c1ccccc1[PH](=O)O. The first-order chi connectivity index (χ1) is 5.93. The van der Waals surface area contributed by atoms with E-state index >= 15 is 0 Å². The molecule has 0 aromatic heterocycles. The van der Waals surface area contributed by atoms with Crippen LogP contribution in [0, 0.1) is 0 Å². The Hall–Kier alpha value is -0.590. The molecule has 3 heteroatoms. The summed E-state index contributed by atoms with van der Waals surface area (Å²) in [6.45, 7) is 6.11. The van der Waals surface area contributed by atoms with Gasteiger partial charge >= 0.3 is 0 Å². The third kappa shape index (κ3) is 2.43. The molecule has 1 N–H and O–H groups in total. The fourth-order valence-corrected chi connectivity index (χ4v) is 2.25. The summed E-state index contributed by atoms with van der Waals surface area (Å²) >= 11 is 0. The standard InChI is InChI=1S/C10H15O2P/c1-10(2,3)8-6-4-5-7-9(8)13(11)12/h4-7,13H,1-3H3,(H,11,12). The van der Waals surface area contributed by atoms with Gasteiger partial charge in [0.15, 0.2) is 0 Å². The molecule has 0 saturated heterocycles. The lowest BCUT2D eigenvalue weighted by Gasteiger charge is -2.21. The van der Waals surface area contributed by atoms with Crippen molar-refractivity contribution in [1.29, 1.82) is 0 Å². The van der Waals surface area contributed by atoms with Gasteiger partial charge in [0.05, 0.1) is 0 Å². The van der Waals surface area contributed by atoms with E-state index in [0.717, 1.165) is 5.56 Å². The lowest BCUT2D eigenvalue weighted by atomic mass is 9.87. The van der Waals surface area contributed by atoms with Crippen LogP contribution < -0.4 is 5.30 Å². The van der Waals surface area contributed by atoms with Crippen LogP contribution in [0.2, 0.25) is 0 Å². The molecule has 0 heterocycles. The van der Waals surface area contributed by atoms with Crippen LogP contribution in [-0.2, 0) is 9.98 Å². The summed E-state index contributed by atoms with van der Waals surface area (Å²) in [6.07, 6.45) is 0. The zero-order valence-corrected chi connectivity index (χ0v) is 9.16. The lowest BCUT2D eigenvalue weighted by Crippen LogP contribution is -2.20. The molecule has 0 aliphatic rings. The second kappa shape index (κ2) is 3.65. The topological polar surface area (TPSA) is 37.3 Å². The van der Waals surface area contributed by atoms with E-state index in [9.17, 15) is 4.57 Å². The molecule has 72 valence electrons. The second-order valence-corrected chi connectivity index (χ2v) is 5.25. The highest BCUT2D eigenvalue weighted by atomic mass is 31.1. The highest BCUT2D eigenvalue weighted by Crippen LogP contribution is 2.26. The maximum absolute atomic E-state index is 11.1. The van der Waals surface area contributed by atoms with Gasteiger partial charge in [-0.3, -0.25) is 4.57 Å². The van der Waals surface area contributed by atoms with Crippen LogP contribution in [0.25, 0.3) is 0 Å². The smallest absolute Gasteiger partial charge is 0.218 e. The maximum atomic E-state index is 11.1. The van der Waals surface area contributed by atoms with Crippen molar-refractivity contribution >= 4 is 13.3 Å². The maximum Gasteiger partial charge on any atom is 0.218 e. The minimum absolute atomic E-state index is 0.0698. The van der Waals surface area contributed by atoms with Crippen LogP contribution in [0.4, 0.5) is 0 Å². The predicted octanol–water partition coefficient (Wildman–Crippen LogP) is 2.08. The Morgan fingerprint density at radius 1 is 1.23 bits per heavy atom. The van der Waals surface area contributed by atoms with Gasteiger partial charge in [0.1, 0.15) is 0 Å². The van der Waals surface area contributed by atoms with Crippen LogP contribution in [0.5, 0.6) is 0 Å². The van der Waals surface area contributed by atoms with Crippen molar-refractivity contribution in [3.63, 3.8) is 0 Å². The van der Waals surface area contributed by atoms with E-state index in [1.165, 1.54) is 0 Å². The fraction of sp³-hybridized carbons (Fsp3) is 0.400. The first-order valence-corrected chi connectivity index (χ1v) is 5.61. The largest absolute Gasteiger partial charge is 0.343 e. The van der Waals surface area contributed by atoms with Crippen LogP contribution in [-0.4, -0.2) is 4.89 Å². The van der Waals surface area contributed by atoms with Crippen LogP contribution in [0.3, 0.4) is 0 Å². The number of benzene rings is 1. The molecule has 0 bridgehead atoms. The Bertz CT molecular complexity index is 326. The molecule has 1 unspecified atom stereocenters. The van der Waals surface area contributed by atoms with Crippen molar-refractivity contribution in [2.24, 2.45) is 0 Å². The molecule has 1 aromatic rings. The van der Waals surface area contributed by atoms with Crippen molar-refractivity contribution in [2.75, 3.05) is 0 Å². The number of hydrogen-bond acceptors (Lipinski definition) is 1. The van der Waals surface area contributed by atoms with Crippen molar-refractivity contribution in [3.05, 3.63) is 29.8 Å². The van der Waals surface area contributed by atoms with Gasteiger partial charge < -0.3 is 4.89 Å².